The number of hydrogen-bond donors (Lipinski definition) is 2. The summed E-state index contributed by atoms with van der Waals surface area (Å²) in [4.78, 5) is 13.3. The SMILES string of the molecule is COc1ccc(NC(=O)[C@@H]2Sc3nnc(COc4ccccc4)n3N[C@H]2c2ccccc2)cc1. The Hall–Kier alpha value is -3.98. The molecule has 34 heavy (non-hydrogen) atoms. The largest absolute Gasteiger partial charge is 0.497 e. The predicted molar refractivity (Wildman–Crippen MR) is 131 cm³/mol. The van der Waals surface area contributed by atoms with Gasteiger partial charge in [-0.05, 0) is 42.0 Å². The van der Waals surface area contributed by atoms with Crippen molar-refractivity contribution < 1.29 is 14.3 Å². The highest BCUT2D eigenvalue weighted by molar-refractivity contribution is 8.00. The lowest BCUT2D eigenvalue weighted by molar-refractivity contribution is -0.116. The van der Waals surface area contributed by atoms with Crippen molar-refractivity contribution in [1.82, 2.24) is 14.9 Å². The van der Waals surface area contributed by atoms with Gasteiger partial charge in [0.05, 0.1) is 13.2 Å². The van der Waals surface area contributed by atoms with Gasteiger partial charge in [0.15, 0.2) is 5.82 Å². The van der Waals surface area contributed by atoms with Crippen LogP contribution < -0.4 is 20.2 Å². The molecular formula is C25H23N5O3S. The van der Waals surface area contributed by atoms with E-state index in [9.17, 15) is 4.79 Å². The normalized spacial score (nSPS) is 16.7. The molecule has 0 saturated carbocycles. The number of carbonyl (C=O) groups excluding carboxylic acids is 1. The highest BCUT2D eigenvalue weighted by Crippen LogP contribution is 2.37. The maximum absolute atomic E-state index is 13.3. The molecule has 0 saturated heterocycles. The number of anilines is 1. The minimum Gasteiger partial charge on any atom is -0.497 e. The summed E-state index contributed by atoms with van der Waals surface area (Å²) >= 11 is 1.37. The maximum atomic E-state index is 13.3. The van der Waals surface area contributed by atoms with Gasteiger partial charge in [-0.25, -0.2) is 4.68 Å². The van der Waals surface area contributed by atoms with Crippen molar-refractivity contribution in [2.24, 2.45) is 0 Å². The summed E-state index contributed by atoms with van der Waals surface area (Å²) in [5.41, 5.74) is 5.12. The molecule has 0 bridgehead atoms. The number of thioether (sulfide) groups is 1. The Labute approximate surface area is 201 Å². The molecule has 0 radical (unpaired) electrons. The van der Waals surface area contributed by atoms with Crippen LogP contribution in [-0.2, 0) is 11.4 Å². The van der Waals surface area contributed by atoms with E-state index in [0.29, 0.717) is 16.7 Å². The third-order valence-corrected chi connectivity index (χ3v) is 6.60. The highest BCUT2D eigenvalue weighted by Gasteiger charge is 2.37. The van der Waals surface area contributed by atoms with Gasteiger partial charge >= 0.3 is 0 Å². The van der Waals surface area contributed by atoms with Crippen molar-refractivity contribution in [2.75, 3.05) is 17.9 Å². The summed E-state index contributed by atoms with van der Waals surface area (Å²) in [5.74, 6) is 1.97. The molecule has 2 N–H and O–H groups in total. The summed E-state index contributed by atoms with van der Waals surface area (Å²) < 4.78 is 12.9. The van der Waals surface area contributed by atoms with Gasteiger partial charge in [-0.1, -0.05) is 60.3 Å². The molecule has 2 atom stereocenters. The molecule has 9 heteroatoms. The topological polar surface area (TPSA) is 90.3 Å². The van der Waals surface area contributed by atoms with E-state index in [2.05, 4.69) is 20.9 Å². The molecule has 172 valence electrons. The third-order valence-electron chi connectivity index (χ3n) is 5.39. The van der Waals surface area contributed by atoms with Crippen LogP contribution in [0.2, 0.25) is 0 Å². The van der Waals surface area contributed by atoms with Crippen LogP contribution in [-0.4, -0.2) is 33.1 Å². The van der Waals surface area contributed by atoms with E-state index in [1.54, 1.807) is 7.11 Å². The number of hydrogen-bond acceptors (Lipinski definition) is 7. The standard InChI is InChI=1S/C25H23N5O3S/c1-32-19-14-12-18(13-15-19)26-24(31)23-22(17-8-4-2-5-9-17)29-30-21(27-28-25(30)34-23)16-33-20-10-6-3-7-11-20/h2-15,22-23,29H,16H2,1H3,(H,26,31)/t22-,23+/m0/s1. The van der Waals surface area contributed by atoms with Gasteiger partial charge in [-0.2, -0.15) is 0 Å². The fourth-order valence-electron chi connectivity index (χ4n) is 3.66. The fraction of sp³-hybridized carbons (Fsp3) is 0.160. The molecule has 5 rings (SSSR count). The number of rotatable bonds is 7. The van der Waals surface area contributed by atoms with Crippen molar-refractivity contribution >= 4 is 23.4 Å². The average Bonchev–Trinajstić information content (AvgIpc) is 3.30. The molecule has 1 aliphatic heterocycles. The van der Waals surface area contributed by atoms with Gasteiger partial charge in [0.1, 0.15) is 23.4 Å². The Balaban J connectivity index is 1.39. The van der Waals surface area contributed by atoms with Crippen LogP contribution in [0.15, 0.2) is 90.1 Å². The van der Waals surface area contributed by atoms with Crippen LogP contribution in [0.25, 0.3) is 0 Å². The number of fused-ring (bicyclic) bond motifs is 1. The van der Waals surface area contributed by atoms with E-state index in [0.717, 1.165) is 17.1 Å². The second-order valence-corrected chi connectivity index (χ2v) is 8.72. The van der Waals surface area contributed by atoms with Gasteiger partial charge in [0.25, 0.3) is 0 Å². The summed E-state index contributed by atoms with van der Waals surface area (Å²) in [6.07, 6.45) is 0. The Morgan fingerprint density at radius 3 is 2.38 bits per heavy atom. The fourth-order valence-corrected chi connectivity index (χ4v) is 4.75. The van der Waals surface area contributed by atoms with E-state index in [4.69, 9.17) is 9.47 Å². The van der Waals surface area contributed by atoms with Gasteiger partial charge < -0.3 is 20.2 Å². The molecule has 1 aliphatic rings. The van der Waals surface area contributed by atoms with Gasteiger partial charge in [0.2, 0.25) is 11.1 Å². The number of methoxy groups -OCH3 is 1. The van der Waals surface area contributed by atoms with Crippen LogP contribution in [0.3, 0.4) is 0 Å². The lowest BCUT2D eigenvalue weighted by atomic mass is 10.0. The lowest BCUT2D eigenvalue weighted by Gasteiger charge is -2.33. The first-order valence-electron chi connectivity index (χ1n) is 10.8. The van der Waals surface area contributed by atoms with Crippen molar-refractivity contribution in [2.45, 2.75) is 23.1 Å². The van der Waals surface area contributed by atoms with E-state index in [1.165, 1.54) is 11.8 Å². The van der Waals surface area contributed by atoms with E-state index in [-0.39, 0.29) is 18.6 Å². The Morgan fingerprint density at radius 2 is 1.68 bits per heavy atom. The number of nitrogens with zero attached hydrogens (tertiary/aromatic N) is 3. The Bertz CT molecular complexity index is 1250. The van der Waals surface area contributed by atoms with E-state index in [1.807, 2.05) is 89.6 Å². The summed E-state index contributed by atoms with van der Waals surface area (Å²) in [6, 6.07) is 26.4. The second kappa shape index (κ2) is 9.88. The summed E-state index contributed by atoms with van der Waals surface area (Å²) in [6.45, 7) is 0.245. The smallest absolute Gasteiger partial charge is 0.240 e. The first kappa shape index (κ1) is 21.8. The molecule has 0 fully saturated rings. The molecule has 1 amide bonds. The molecule has 2 heterocycles. The number of amides is 1. The second-order valence-electron chi connectivity index (χ2n) is 7.61. The van der Waals surface area contributed by atoms with Crippen LogP contribution in [0.1, 0.15) is 17.4 Å². The lowest BCUT2D eigenvalue weighted by Crippen LogP contribution is -2.41. The average molecular weight is 474 g/mol. The van der Waals surface area contributed by atoms with Gasteiger partial charge in [-0.15, -0.1) is 10.2 Å². The third kappa shape index (κ3) is 4.69. The molecule has 3 aromatic carbocycles. The van der Waals surface area contributed by atoms with Crippen LogP contribution in [0.4, 0.5) is 5.69 Å². The zero-order valence-electron chi connectivity index (χ0n) is 18.4. The molecule has 0 spiro atoms. The van der Waals surface area contributed by atoms with Crippen molar-refractivity contribution in [1.29, 1.82) is 0 Å². The Morgan fingerprint density at radius 1 is 0.971 bits per heavy atom. The van der Waals surface area contributed by atoms with Gasteiger partial charge in [0, 0.05) is 5.69 Å². The number of para-hydroxylation sites is 1. The van der Waals surface area contributed by atoms with Crippen molar-refractivity contribution in [3.05, 3.63) is 96.3 Å². The molecule has 8 nitrogen and oxygen atoms in total. The number of nitrogens with one attached hydrogen (secondary N) is 2. The minimum atomic E-state index is -0.468. The number of ether oxygens (including phenoxy) is 2. The maximum Gasteiger partial charge on any atom is 0.240 e. The first-order valence-corrected chi connectivity index (χ1v) is 11.6. The van der Waals surface area contributed by atoms with E-state index < -0.39 is 5.25 Å². The molecule has 4 aromatic rings. The number of carbonyl (C=O) groups is 1. The van der Waals surface area contributed by atoms with Crippen molar-refractivity contribution in [3.8, 4) is 11.5 Å². The Kier molecular flexibility index (Phi) is 6.35. The van der Waals surface area contributed by atoms with Crippen molar-refractivity contribution in [3.63, 3.8) is 0 Å². The monoisotopic (exact) mass is 473 g/mol. The summed E-state index contributed by atoms with van der Waals surface area (Å²) in [5, 5.41) is 11.7. The van der Waals surface area contributed by atoms with Crippen LogP contribution >= 0.6 is 11.8 Å². The predicted octanol–water partition coefficient (Wildman–Crippen LogP) is 4.26. The summed E-state index contributed by atoms with van der Waals surface area (Å²) in [7, 11) is 1.61. The van der Waals surface area contributed by atoms with Crippen LogP contribution in [0.5, 0.6) is 11.5 Å². The van der Waals surface area contributed by atoms with E-state index >= 15 is 0 Å². The quantitative estimate of drug-likeness (QED) is 0.414. The zero-order chi connectivity index (χ0) is 23.3. The molecule has 0 aliphatic carbocycles. The number of aromatic nitrogens is 3. The molecule has 0 unspecified atom stereocenters. The highest BCUT2D eigenvalue weighted by atomic mass is 32.2. The van der Waals surface area contributed by atoms with Crippen LogP contribution in [0, 0.1) is 0 Å². The van der Waals surface area contributed by atoms with Gasteiger partial charge in [-0.3, -0.25) is 4.79 Å². The number of benzene rings is 3. The minimum absolute atomic E-state index is 0.132. The zero-order valence-corrected chi connectivity index (χ0v) is 19.2. The molecule has 1 aromatic heterocycles. The first-order chi connectivity index (χ1) is 16.7. The molecular weight excluding hydrogens is 450 g/mol.